The van der Waals surface area contributed by atoms with Gasteiger partial charge in [0.15, 0.2) is 17.5 Å². The molecule has 3 heterocycles. The Morgan fingerprint density at radius 1 is 0.360 bits per heavy atom. The fraction of sp³-hybridized carbons (Fsp3) is 0. The second kappa shape index (κ2) is 11.4. The van der Waals surface area contributed by atoms with Crippen LogP contribution in [0.5, 0.6) is 0 Å². The van der Waals surface area contributed by atoms with Gasteiger partial charge in [-0.05, 0) is 35.9 Å². The van der Waals surface area contributed by atoms with Crippen LogP contribution in [0.15, 0.2) is 174 Å². The van der Waals surface area contributed by atoms with Gasteiger partial charge in [-0.2, -0.15) is 0 Å². The summed E-state index contributed by atoms with van der Waals surface area (Å²) in [6.07, 6.45) is 0. The summed E-state index contributed by atoms with van der Waals surface area (Å²) in [6, 6.07) is 58.5. The molecule has 0 radical (unpaired) electrons. The Bertz CT molecular complexity index is 2810. The van der Waals surface area contributed by atoms with E-state index in [0.29, 0.717) is 17.5 Å². The summed E-state index contributed by atoms with van der Waals surface area (Å²) < 4.78 is 8.66. The highest BCUT2D eigenvalue weighted by Crippen LogP contribution is 2.38. The summed E-state index contributed by atoms with van der Waals surface area (Å²) in [5, 5.41) is 4.64. The maximum absolute atomic E-state index is 6.34. The Labute approximate surface area is 287 Å². The number of rotatable bonds is 5. The molecule has 0 N–H and O–H groups in total. The highest BCUT2D eigenvalue weighted by molar-refractivity contribution is 6.10. The monoisotopic (exact) mass is 640 g/mol. The van der Waals surface area contributed by atoms with Crippen molar-refractivity contribution in [1.82, 2.24) is 19.5 Å². The zero-order chi connectivity index (χ0) is 33.0. The normalized spacial score (nSPS) is 11.6. The molecule has 0 aliphatic carbocycles. The van der Waals surface area contributed by atoms with Crippen LogP contribution in [0.4, 0.5) is 0 Å². The standard InChI is InChI=1S/C45H28N4O/c1-2-13-30(14-3-1)43-46-44(31-27-25-29(26-28-31)32-19-12-20-36-35-17-7-11-24-41(35)50-42(32)36)48-45(47-43)37-18-6-10-23-40(37)49-38-21-8-4-15-33(38)34-16-5-9-22-39(34)49/h1-28H. The van der Waals surface area contributed by atoms with Crippen LogP contribution < -0.4 is 0 Å². The van der Waals surface area contributed by atoms with Gasteiger partial charge < -0.3 is 8.98 Å². The van der Waals surface area contributed by atoms with Crippen molar-refractivity contribution in [3.8, 4) is 51.0 Å². The van der Waals surface area contributed by atoms with E-state index in [2.05, 4.69) is 120 Å². The number of nitrogens with zero attached hydrogens (tertiary/aromatic N) is 4. The molecule has 0 saturated carbocycles. The molecule has 0 saturated heterocycles. The van der Waals surface area contributed by atoms with E-state index in [0.717, 1.165) is 66.5 Å². The van der Waals surface area contributed by atoms with Crippen molar-refractivity contribution in [3.05, 3.63) is 170 Å². The molecule has 0 aliphatic heterocycles. The minimum absolute atomic E-state index is 0.611. The predicted molar refractivity (Wildman–Crippen MR) is 203 cm³/mol. The van der Waals surface area contributed by atoms with Gasteiger partial charge in [-0.25, -0.2) is 15.0 Å². The maximum Gasteiger partial charge on any atom is 0.166 e. The smallest absolute Gasteiger partial charge is 0.166 e. The Kier molecular flexibility index (Phi) is 6.42. The topological polar surface area (TPSA) is 56.7 Å². The number of hydrogen-bond acceptors (Lipinski definition) is 4. The molecular weight excluding hydrogens is 613 g/mol. The molecule has 0 aliphatic rings. The summed E-state index contributed by atoms with van der Waals surface area (Å²) in [6.45, 7) is 0. The molecule has 0 spiro atoms. The van der Waals surface area contributed by atoms with E-state index in [4.69, 9.17) is 19.4 Å². The van der Waals surface area contributed by atoms with E-state index in [9.17, 15) is 0 Å². The number of aromatic nitrogens is 4. The second-order valence-corrected chi connectivity index (χ2v) is 12.4. The molecule has 0 atom stereocenters. The first-order valence-corrected chi connectivity index (χ1v) is 16.7. The second-order valence-electron chi connectivity index (χ2n) is 12.4. The van der Waals surface area contributed by atoms with Crippen molar-refractivity contribution in [2.24, 2.45) is 0 Å². The van der Waals surface area contributed by atoms with Gasteiger partial charge in [0.25, 0.3) is 0 Å². The molecule has 10 aromatic rings. The molecule has 10 rings (SSSR count). The summed E-state index contributed by atoms with van der Waals surface area (Å²) in [5.74, 6) is 1.85. The van der Waals surface area contributed by atoms with E-state index < -0.39 is 0 Å². The molecule has 0 bridgehead atoms. The molecule has 0 unspecified atom stereocenters. The van der Waals surface area contributed by atoms with Crippen LogP contribution in [0.25, 0.3) is 94.7 Å². The summed E-state index contributed by atoms with van der Waals surface area (Å²) in [4.78, 5) is 15.3. The maximum atomic E-state index is 6.34. The van der Waals surface area contributed by atoms with E-state index >= 15 is 0 Å². The SMILES string of the molecule is c1ccc(-c2nc(-c3ccc(-c4cccc5c4oc4ccccc45)cc3)nc(-c3ccccc3-n3c4ccccc4c4ccccc43)n2)cc1. The van der Waals surface area contributed by atoms with Gasteiger partial charge in [0.2, 0.25) is 0 Å². The van der Waals surface area contributed by atoms with Crippen LogP contribution >= 0.6 is 0 Å². The van der Waals surface area contributed by atoms with Gasteiger partial charge in [-0.1, -0.05) is 140 Å². The molecule has 3 aromatic heterocycles. The van der Waals surface area contributed by atoms with Gasteiger partial charge in [0, 0.05) is 43.8 Å². The predicted octanol–water partition coefficient (Wildman–Crippen LogP) is 11.5. The first-order chi connectivity index (χ1) is 24.8. The lowest BCUT2D eigenvalue weighted by atomic mass is 10.0. The van der Waals surface area contributed by atoms with Gasteiger partial charge in [-0.3, -0.25) is 0 Å². The van der Waals surface area contributed by atoms with Crippen LogP contribution in [-0.4, -0.2) is 19.5 Å². The Morgan fingerprint density at radius 2 is 0.880 bits per heavy atom. The van der Waals surface area contributed by atoms with Crippen molar-refractivity contribution in [2.75, 3.05) is 0 Å². The van der Waals surface area contributed by atoms with Crippen molar-refractivity contribution in [1.29, 1.82) is 0 Å². The number of para-hydroxylation sites is 5. The first kappa shape index (κ1) is 28.2. The molecular formula is C45H28N4O. The fourth-order valence-corrected chi connectivity index (χ4v) is 7.15. The number of furan rings is 1. The van der Waals surface area contributed by atoms with Crippen molar-refractivity contribution < 1.29 is 4.42 Å². The van der Waals surface area contributed by atoms with Gasteiger partial charge in [-0.15, -0.1) is 0 Å². The average molecular weight is 641 g/mol. The number of benzene rings is 7. The third kappa shape index (κ3) is 4.52. The molecule has 7 aromatic carbocycles. The van der Waals surface area contributed by atoms with Crippen molar-refractivity contribution in [2.45, 2.75) is 0 Å². The number of hydrogen-bond donors (Lipinski definition) is 0. The largest absolute Gasteiger partial charge is 0.455 e. The molecule has 0 amide bonds. The van der Waals surface area contributed by atoms with E-state index in [-0.39, 0.29) is 0 Å². The zero-order valence-electron chi connectivity index (χ0n) is 26.9. The zero-order valence-corrected chi connectivity index (χ0v) is 26.9. The quantitative estimate of drug-likeness (QED) is 0.188. The van der Waals surface area contributed by atoms with Crippen LogP contribution in [0.1, 0.15) is 0 Å². The Balaban J connectivity index is 1.14. The number of fused-ring (bicyclic) bond motifs is 6. The van der Waals surface area contributed by atoms with Gasteiger partial charge in [0.05, 0.1) is 16.7 Å². The fourth-order valence-electron chi connectivity index (χ4n) is 7.15. The van der Waals surface area contributed by atoms with E-state index in [1.165, 1.54) is 10.8 Å². The Morgan fingerprint density at radius 3 is 1.62 bits per heavy atom. The molecule has 5 nitrogen and oxygen atoms in total. The molecule has 5 heteroatoms. The van der Waals surface area contributed by atoms with Crippen LogP contribution in [0.3, 0.4) is 0 Å². The highest BCUT2D eigenvalue weighted by atomic mass is 16.3. The lowest BCUT2D eigenvalue weighted by Gasteiger charge is -2.14. The third-order valence-electron chi connectivity index (χ3n) is 9.49. The Hall–Kier alpha value is -6.85. The van der Waals surface area contributed by atoms with Crippen LogP contribution in [0.2, 0.25) is 0 Å². The van der Waals surface area contributed by atoms with E-state index in [1.54, 1.807) is 0 Å². The van der Waals surface area contributed by atoms with Crippen LogP contribution in [0, 0.1) is 0 Å². The summed E-state index contributed by atoms with van der Waals surface area (Å²) in [5.41, 5.74) is 9.92. The average Bonchev–Trinajstić information content (AvgIpc) is 3.74. The lowest BCUT2D eigenvalue weighted by Crippen LogP contribution is -2.03. The lowest BCUT2D eigenvalue weighted by molar-refractivity contribution is 0.670. The summed E-state index contributed by atoms with van der Waals surface area (Å²) >= 11 is 0. The van der Waals surface area contributed by atoms with Crippen LogP contribution in [-0.2, 0) is 0 Å². The van der Waals surface area contributed by atoms with Gasteiger partial charge in [0.1, 0.15) is 11.2 Å². The minimum atomic E-state index is 0.611. The summed E-state index contributed by atoms with van der Waals surface area (Å²) in [7, 11) is 0. The molecule has 50 heavy (non-hydrogen) atoms. The first-order valence-electron chi connectivity index (χ1n) is 16.7. The van der Waals surface area contributed by atoms with Crippen molar-refractivity contribution >= 4 is 43.7 Å². The molecule has 0 fully saturated rings. The highest BCUT2D eigenvalue weighted by Gasteiger charge is 2.19. The minimum Gasteiger partial charge on any atom is -0.455 e. The third-order valence-corrected chi connectivity index (χ3v) is 9.49. The molecule has 234 valence electrons. The van der Waals surface area contributed by atoms with E-state index in [1.807, 2.05) is 54.6 Å². The van der Waals surface area contributed by atoms with Crippen molar-refractivity contribution in [3.63, 3.8) is 0 Å². The van der Waals surface area contributed by atoms with Gasteiger partial charge >= 0.3 is 0 Å².